The van der Waals surface area contributed by atoms with Gasteiger partial charge in [-0.25, -0.2) is 8.91 Å². The molecule has 1 aromatic carbocycles. The van der Waals surface area contributed by atoms with E-state index in [4.69, 9.17) is 9.47 Å². The van der Waals surface area contributed by atoms with Crippen LogP contribution in [0.2, 0.25) is 0 Å². The number of hydrogen-bond donors (Lipinski definition) is 1. The van der Waals surface area contributed by atoms with E-state index in [9.17, 15) is 22.4 Å². The number of aromatic nitrogens is 4. The Hall–Kier alpha value is -3.28. The Bertz CT molecular complexity index is 1230. The second-order valence-corrected chi connectivity index (χ2v) is 8.37. The summed E-state index contributed by atoms with van der Waals surface area (Å²) in [6, 6.07) is 5.49. The molecular formula is C22H23F4N5O3. The van der Waals surface area contributed by atoms with Crippen LogP contribution in [0.3, 0.4) is 0 Å². The van der Waals surface area contributed by atoms with E-state index >= 15 is 0 Å². The van der Waals surface area contributed by atoms with Crippen LogP contribution in [0.25, 0.3) is 5.65 Å². The molecule has 0 spiro atoms. The molecule has 3 heterocycles. The number of nitrogens with zero attached hydrogens (tertiary/aromatic N) is 4. The van der Waals surface area contributed by atoms with Gasteiger partial charge in [0.25, 0.3) is 5.91 Å². The number of carbonyl (C=O) groups is 1. The molecule has 8 nitrogen and oxygen atoms in total. The number of hydrogen-bond acceptors (Lipinski definition) is 6. The normalized spacial score (nSPS) is 25.0. The topological polar surface area (TPSA) is 90.6 Å². The highest BCUT2D eigenvalue weighted by molar-refractivity contribution is 5.95. The highest BCUT2D eigenvalue weighted by Crippen LogP contribution is 2.55. The average Bonchev–Trinajstić information content (AvgIpc) is 3.34. The van der Waals surface area contributed by atoms with E-state index in [0.29, 0.717) is 5.65 Å². The van der Waals surface area contributed by atoms with Gasteiger partial charge in [0.1, 0.15) is 17.7 Å². The Morgan fingerprint density at radius 3 is 2.74 bits per heavy atom. The lowest BCUT2D eigenvalue weighted by atomic mass is 9.76. The molecule has 2 aromatic heterocycles. The summed E-state index contributed by atoms with van der Waals surface area (Å²) in [5, 5.41) is 13.6. The molecular weight excluding hydrogens is 458 g/mol. The van der Waals surface area contributed by atoms with Crippen molar-refractivity contribution in [3.63, 3.8) is 0 Å². The molecule has 1 aliphatic rings. The minimum atomic E-state index is -4.76. The lowest BCUT2D eigenvalue weighted by Crippen LogP contribution is -2.47. The maximum Gasteiger partial charge on any atom is 0.417 e. The summed E-state index contributed by atoms with van der Waals surface area (Å²) in [6.45, 7) is 5.61. The molecule has 4 rings (SSSR count). The van der Waals surface area contributed by atoms with Crippen LogP contribution in [0.15, 0.2) is 30.5 Å². The molecule has 3 aromatic rings. The maximum absolute atomic E-state index is 14.3. The summed E-state index contributed by atoms with van der Waals surface area (Å²) >= 11 is 0. The van der Waals surface area contributed by atoms with Gasteiger partial charge in [-0.1, -0.05) is 13.0 Å². The van der Waals surface area contributed by atoms with Crippen molar-refractivity contribution in [1.82, 2.24) is 20.0 Å². The van der Waals surface area contributed by atoms with Crippen LogP contribution in [0.1, 0.15) is 37.8 Å². The number of rotatable bonds is 5. The van der Waals surface area contributed by atoms with Crippen molar-refractivity contribution in [2.45, 2.75) is 51.5 Å². The predicted octanol–water partition coefficient (Wildman–Crippen LogP) is 4.05. The van der Waals surface area contributed by atoms with Crippen LogP contribution in [-0.2, 0) is 9.53 Å². The Morgan fingerprint density at radius 1 is 1.32 bits per heavy atom. The van der Waals surface area contributed by atoms with Gasteiger partial charge in [-0.3, -0.25) is 4.79 Å². The van der Waals surface area contributed by atoms with Crippen molar-refractivity contribution in [2.24, 2.45) is 5.92 Å². The van der Waals surface area contributed by atoms with Gasteiger partial charge in [-0.15, -0.1) is 5.10 Å². The summed E-state index contributed by atoms with van der Waals surface area (Å²) in [7, 11) is 0. The minimum Gasteiger partial charge on any atom is -0.493 e. The van der Waals surface area contributed by atoms with Crippen molar-refractivity contribution in [3.05, 3.63) is 47.4 Å². The summed E-state index contributed by atoms with van der Waals surface area (Å²) in [4.78, 5) is 13.3. The fourth-order valence-electron chi connectivity index (χ4n) is 4.34. The molecule has 1 fully saturated rings. The van der Waals surface area contributed by atoms with E-state index in [1.165, 1.54) is 42.8 Å². The first-order valence-corrected chi connectivity index (χ1v) is 10.6. The quantitative estimate of drug-likeness (QED) is 0.553. The van der Waals surface area contributed by atoms with Crippen molar-refractivity contribution >= 4 is 17.2 Å². The third-order valence-electron chi connectivity index (χ3n) is 6.41. The first-order valence-electron chi connectivity index (χ1n) is 10.6. The predicted molar refractivity (Wildman–Crippen MR) is 113 cm³/mol. The van der Waals surface area contributed by atoms with Crippen LogP contribution < -0.4 is 10.1 Å². The zero-order valence-electron chi connectivity index (χ0n) is 18.9. The smallest absolute Gasteiger partial charge is 0.417 e. The fourth-order valence-corrected chi connectivity index (χ4v) is 4.34. The number of carbonyl (C=O) groups excluding carboxylic acids is 1. The summed E-state index contributed by atoms with van der Waals surface area (Å²) in [5.41, 5.74) is -1.58. The number of alkyl halides is 3. The van der Waals surface area contributed by atoms with E-state index in [1.807, 2.05) is 0 Å². The number of amides is 1. The van der Waals surface area contributed by atoms with Gasteiger partial charge in [0.15, 0.2) is 11.2 Å². The summed E-state index contributed by atoms with van der Waals surface area (Å²) < 4.78 is 69.0. The molecule has 1 amide bonds. The summed E-state index contributed by atoms with van der Waals surface area (Å²) in [6.07, 6.45) is -4.79. The molecule has 1 N–H and O–H groups in total. The van der Waals surface area contributed by atoms with Crippen LogP contribution in [-0.4, -0.2) is 50.4 Å². The molecule has 0 aliphatic carbocycles. The van der Waals surface area contributed by atoms with E-state index in [0.717, 1.165) is 13.0 Å². The van der Waals surface area contributed by atoms with Gasteiger partial charge in [-0.2, -0.15) is 13.2 Å². The van der Waals surface area contributed by atoms with Crippen LogP contribution in [0.4, 0.5) is 23.2 Å². The first kappa shape index (κ1) is 23.9. The largest absolute Gasteiger partial charge is 0.493 e. The van der Waals surface area contributed by atoms with Crippen LogP contribution in [0.5, 0.6) is 5.75 Å². The van der Waals surface area contributed by atoms with Crippen molar-refractivity contribution < 1.29 is 31.8 Å². The second kappa shape index (κ2) is 8.49. The van der Waals surface area contributed by atoms with E-state index in [-0.39, 0.29) is 29.2 Å². The van der Waals surface area contributed by atoms with Crippen molar-refractivity contribution in [2.75, 3.05) is 11.9 Å². The SMILES string of the molecule is CCOc1c([C@@H]2[C@@H](C(=O)Nc3ccn4nnnc4c3)O[C@](C)(C(F)(F)F)[C@@H]2C)ccc(F)c1C. The Kier molecular flexibility index (Phi) is 5.96. The van der Waals surface area contributed by atoms with Crippen molar-refractivity contribution in [1.29, 1.82) is 0 Å². The summed E-state index contributed by atoms with van der Waals surface area (Å²) in [5.74, 6) is -3.48. The van der Waals surface area contributed by atoms with E-state index in [2.05, 4.69) is 20.8 Å². The van der Waals surface area contributed by atoms with E-state index < -0.39 is 41.4 Å². The molecule has 4 atom stereocenters. The fraction of sp³-hybridized carbons (Fsp3) is 0.455. The molecule has 182 valence electrons. The monoisotopic (exact) mass is 481 g/mol. The Balaban J connectivity index is 1.77. The van der Waals surface area contributed by atoms with Gasteiger partial charge < -0.3 is 14.8 Å². The molecule has 1 aliphatic heterocycles. The molecule has 0 unspecified atom stereocenters. The lowest BCUT2D eigenvalue weighted by Gasteiger charge is -2.32. The lowest BCUT2D eigenvalue weighted by molar-refractivity contribution is -0.272. The van der Waals surface area contributed by atoms with Gasteiger partial charge in [0.05, 0.1) is 6.61 Å². The van der Waals surface area contributed by atoms with Gasteiger partial charge in [0.2, 0.25) is 0 Å². The first-order chi connectivity index (χ1) is 16.0. The molecule has 0 saturated carbocycles. The second-order valence-electron chi connectivity index (χ2n) is 8.37. The van der Waals surface area contributed by atoms with Crippen LogP contribution >= 0.6 is 0 Å². The number of benzene rings is 1. The maximum atomic E-state index is 14.3. The third kappa shape index (κ3) is 3.85. The molecule has 1 saturated heterocycles. The van der Waals surface area contributed by atoms with Crippen molar-refractivity contribution in [3.8, 4) is 5.75 Å². The van der Waals surface area contributed by atoms with E-state index in [1.54, 1.807) is 6.92 Å². The van der Waals surface area contributed by atoms with Gasteiger partial charge >= 0.3 is 6.18 Å². The van der Waals surface area contributed by atoms with Crippen LogP contribution in [0, 0.1) is 18.7 Å². The standard InChI is InChI=1S/C22H23F4N5O3/c1-5-33-18-11(2)15(23)7-6-14(18)17-12(3)21(4,22(24,25)26)34-19(17)20(32)27-13-8-9-31-16(10-13)28-29-30-31/h6-10,12,17,19H,5H2,1-4H3,(H,27,32)/t12-,17-,19+,21+/m1/s1. The number of anilines is 1. The molecule has 12 heteroatoms. The molecule has 34 heavy (non-hydrogen) atoms. The molecule has 0 bridgehead atoms. The average molecular weight is 481 g/mol. The van der Waals surface area contributed by atoms with Gasteiger partial charge in [0, 0.05) is 40.9 Å². The Labute approximate surface area is 192 Å². The number of nitrogens with one attached hydrogen (secondary N) is 1. The molecule has 0 radical (unpaired) electrons. The number of tetrazole rings is 1. The van der Waals surface area contributed by atoms with Gasteiger partial charge in [-0.05, 0) is 43.3 Å². The minimum absolute atomic E-state index is 0.114. The highest BCUT2D eigenvalue weighted by atomic mass is 19.4. The zero-order valence-corrected chi connectivity index (χ0v) is 18.9. The Morgan fingerprint density at radius 2 is 2.06 bits per heavy atom. The number of pyridine rings is 1. The number of fused-ring (bicyclic) bond motifs is 1. The number of ether oxygens (including phenoxy) is 2. The third-order valence-corrected chi connectivity index (χ3v) is 6.41. The highest BCUT2D eigenvalue weighted by Gasteiger charge is 2.65. The zero-order chi connectivity index (χ0) is 24.8. The number of halogens is 4.